The fourth-order valence-electron chi connectivity index (χ4n) is 2.53. The van der Waals surface area contributed by atoms with Gasteiger partial charge in [-0.05, 0) is 24.5 Å². The predicted molar refractivity (Wildman–Crippen MR) is 85.7 cm³/mol. The smallest absolute Gasteiger partial charge is 0.430 e. The van der Waals surface area contributed by atoms with E-state index in [9.17, 15) is 4.79 Å². The summed E-state index contributed by atoms with van der Waals surface area (Å²) in [5.41, 5.74) is 4.11. The van der Waals surface area contributed by atoms with Crippen molar-refractivity contribution in [3.8, 4) is 0 Å². The third-order valence-electron chi connectivity index (χ3n) is 3.69. The molecule has 0 unspecified atom stereocenters. The summed E-state index contributed by atoms with van der Waals surface area (Å²) in [6.45, 7) is 2.71. The normalized spacial score (nSPS) is 13.9. The Hall–Kier alpha value is -2.62. The number of nitrogens with zero attached hydrogens (tertiary/aromatic N) is 2. The molecule has 0 saturated heterocycles. The second-order valence-electron chi connectivity index (χ2n) is 5.26. The Morgan fingerprint density at radius 3 is 2.68 bits per heavy atom. The number of carbonyl (C=O) groups excluding carboxylic acids is 1. The third-order valence-corrected chi connectivity index (χ3v) is 3.69. The lowest BCUT2D eigenvalue weighted by Gasteiger charge is -2.15. The number of hydrogen-bond donors (Lipinski definition) is 0. The van der Waals surface area contributed by atoms with Crippen LogP contribution in [-0.2, 0) is 17.8 Å². The quantitative estimate of drug-likeness (QED) is 0.849. The molecule has 0 saturated carbocycles. The van der Waals surface area contributed by atoms with Gasteiger partial charge in [-0.1, -0.05) is 54.6 Å². The first-order valence-electron chi connectivity index (χ1n) is 7.36. The van der Waals surface area contributed by atoms with Crippen LogP contribution in [0.4, 0.5) is 4.79 Å². The Morgan fingerprint density at radius 2 is 1.86 bits per heavy atom. The van der Waals surface area contributed by atoms with E-state index in [0.29, 0.717) is 6.54 Å². The molecule has 1 heterocycles. The second kappa shape index (κ2) is 6.43. The van der Waals surface area contributed by atoms with E-state index in [2.05, 4.69) is 11.2 Å². The molecular formula is C18H18N2O2. The van der Waals surface area contributed by atoms with E-state index in [1.165, 1.54) is 10.6 Å². The molecule has 0 N–H and O–H groups in total. The molecule has 0 bridgehead atoms. The maximum Gasteiger partial charge on any atom is 0.430 e. The molecule has 4 nitrogen and oxygen atoms in total. The van der Waals surface area contributed by atoms with E-state index in [4.69, 9.17) is 4.74 Å². The maximum atomic E-state index is 12.2. The number of hydrogen-bond acceptors (Lipinski definition) is 3. The van der Waals surface area contributed by atoms with Gasteiger partial charge in [0, 0.05) is 5.56 Å². The summed E-state index contributed by atoms with van der Waals surface area (Å²) in [7, 11) is 0. The molecule has 3 rings (SSSR count). The molecule has 1 aliphatic rings. The molecule has 0 radical (unpaired) electrons. The number of ether oxygens (including phenoxy) is 1. The molecule has 22 heavy (non-hydrogen) atoms. The van der Waals surface area contributed by atoms with Gasteiger partial charge in [0.25, 0.3) is 0 Å². The number of hydrazone groups is 1. The first-order chi connectivity index (χ1) is 10.7. The average molecular weight is 294 g/mol. The first-order valence-corrected chi connectivity index (χ1v) is 7.36. The maximum absolute atomic E-state index is 12.2. The topological polar surface area (TPSA) is 41.9 Å². The summed E-state index contributed by atoms with van der Waals surface area (Å²) >= 11 is 0. The number of amides is 1. The van der Waals surface area contributed by atoms with Crippen molar-refractivity contribution in [1.82, 2.24) is 5.01 Å². The van der Waals surface area contributed by atoms with Crippen molar-refractivity contribution in [1.29, 1.82) is 0 Å². The minimum atomic E-state index is -0.406. The van der Waals surface area contributed by atoms with Crippen molar-refractivity contribution in [3.63, 3.8) is 0 Å². The standard InChI is InChI=1S/C18H18N2O2/c1-14-17-10-6-5-9-16(17)11-12-20(19-14)18(21)22-13-15-7-3-2-4-8-15/h2-10H,11-13H2,1H3. The van der Waals surface area contributed by atoms with E-state index in [1.54, 1.807) is 0 Å². The minimum Gasteiger partial charge on any atom is -0.443 e. The lowest BCUT2D eigenvalue weighted by molar-refractivity contribution is 0.0980. The summed E-state index contributed by atoms with van der Waals surface area (Å²) in [5.74, 6) is 0. The van der Waals surface area contributed by atoms with Crippen molar-refractivity contribution >= 4 is 11.8 Å². The van der Waals surface area contributed by atoms with Crippen LogP contribution in [0.5, 0.6) is 0 Å². The van der Waals surface area contributed by atoms with Crippen LogP contribution in [-0.4, -0.2) is 23.4 Å². The van der Waals surface area contributed by atoms with Crippen LogP contribution < -0.4 is 0 Å². The number of carbonyl (C=O) groups is 1. The highest BCUT2D eigenvalue weighted by atomic mass is 16.6. The molecule has 4 heteroatoms. The summed E-state index contributed by atoms with van der Waals surface area (Å²) in [6, 6.07) is 17.8. The van der Waals surface area contributed by atoms with Crippen molar-refractivity contribution in [3.05, 3.63) is 71.3 Å². The lowest BCUT2D eigenvalue weighted by Crippen LogP contribution is -2.28. The molecule has 0 fully saturated rings. The zero-order chi connectivity index (χ0) is 15.4. The van der Waals surface area contributed by atoms with E-state index in [-0.39, 0.29) is 6.61 Å². The van der Waals surface area contributed by atoms with Gasteiger partial charge >= 0.3 is 6.09 Å². The Morgan fingerprint density at radius 1 is 1.14 bits per heavy atom. The largest absolute Gasteiger partial charge is 0.443 e. The van der Waals surface area contributed by atoms with Gasteiger partial charge in [-0.2, -0.15) is 10.1 Å². The molecule has 112 valence electrons. The number of benzene rings is 2. The summed E-state index contributed by atoms with van der Waals surface area (Å²) in [5, 5.41) is 5.82. The highest BCUT2D eigenvalue weighted by Crippen LogP contribution is 2.16. The van der Waals surface area contributed by atoms with E-state index >= 15 is 0 Å². The Bertz CT molecular complexity index is 695. The lowest BCUT2D eigenvalue weighted by atomic mass is 10.0. The van der Waals surface area contributed by atoms with Gasteiger partial charge in [0.05, 0.1) is 12.3 Å². The van der Waals surface area contributed by atoms with Crippen LogP contribution >= 0.6 is 0 Å². The Labute approximate surface area is 130 Å². The summed E-state index contributed by atoms with van der Waals surface area (Å²) in [4.78, 5) is 12.2. The predicted octanol–water partition coefficient (Wildman–Crippen LogP) is 3.61. The second-order valence-corrected chi connectivity index (χ2v) is 5.26. The number of fused-ring (bicyclic) bond motifs is 1. The molecule has 0 aromatic heterocycles. The van der Waals surface area contributed by atoms with Gasteiger partial charge in [-0.3, -0.25) is 0 Å². The molecule has 2 aromatic rings. The number of rotatable bonds is 2. The summed E-state index contributed by atoms with van der Waals surface area (Å²) < 4.78 is 5.35. The molecule has 2 aromatic carbocycles. The zero-order valence-electron chi connectivity index (χ0n) is 12.5. The highest BCUT2D eigenvalue weighted by Gasteiger charge is 2.19. The van der Waals surface area contributed by atoms with Gasteiger partial charge in [0.15, 0.2) is 0 Å². The SMILES string of the molecule is CC1=NN(C(=O)OCc2ccccc2)CCc2ccccc21. The zero-order valence-corrected chi connectivity index (χ0v) is 12.5. The first kappa shape index (κ1) is 14.3. The molecule has 0 aliphatic carbocycles. The van der Waals surface area contributed by atoms with Crippen molar-refractivity contribution < 1.29 is 9.53 Å². The van der Waals surface area contributed by atoms with Crippen LogP contribution in [0.15, 0.2) is 59.7 Å². The van der Waals surface area contributed by atoms with Crippen LogP contribution in [0.2, 0.25) is 0 Å². The average Bonchev–Trinajstić information content (AvgIpc) is 2.73. The van der Waals surface area contributed by atoms with E-state index in [1.807, 2.05) is 55.5 Å². The highest BCUT2D eigenvalue weighted by molar-refractivity contribution is 6.00. The van der Waals surface area contributed by atoms with Gasteiger partial charge < -0.3 is 4.74 Å². The molecular weight excluding hydrogens is 276 g/mol. The van der Waals surface area contributed by atoms with Crippen molar-refractivity contribution in [2.24, 2.45) is 5.10 Å². The van der Waals surface area contributed by atoms with Crippen LogP contribution in [0.25, 0.3) is 0 Å². The van der Waals surface area contributed by atoms with Gasteiger partial charge in [0.1, 0.15) is 6.61 Å². The summed E-state index contributed by atoms with van der Waals surface area (Å²) in [6.07, 6.45) is 0.369. The molecule has 1 aliphatic heterocycles. The molecule has 0 atom stereocenters. The van der Waals surface area contributed by atoms with Gasteiger partial charge in [-0.15, -0.1) is 0 Å². The Kier molecular flexibility index (Phi) is 4.19. The minimum absolute atomic E-state index is 0.262. The van der Waals surface area contributed by atoms with Gasteiger partial charge in [-0.25, -0.2) is 4.79 Å². The van der Waals surface area contributed by atoms with Crippen LogP contribution in [0.1, 0.15) is 23.6 Å². The third kappa shape index (κ3) is 3.17. The monoisotopic (exact) mass is 294 g/mol. The fourth-order valence-corrected chi connectivity index (χ4v) is 2.53. The van der Waals surface area contributed by atoms with Crippen LogP contribution in [0, 0.1) is 0 Å². The van der Waals surface area contributed by atoms with Gasteiger partial charge in [0.2, 0.25) is 0 Å². The van der Waals surface area contributed by atoms with Crippen molar-refractivity contribution in [2.75, 3.05) is 6.54 Å². The van der Waals surface area contributed by atoms with E-state index in [0.717, 1.165) is 23.3 Å². The van der Waals surface area contributed by atoms with Crippen LogP contribution in [0.3, 0.4) is 0 Å². The van der Waals surface area contributed by atoms with E-state index < -0.39 is 6.09 Å². The Balaban J connectivity index is 1.68. The molecule has 0 spiro atoms. The molecule has 1 amide bonds. The van der Waals surface area contributed by atoms with Crippen molar-refractivity contribution in [2.45, 2.75) is 20.0 Å². The fraction of sp³-hybridized carbons (Fsp3) is 0.222.